The van der Waals surface area contributed by atoms with Crippen molar-refractivity contribution in [3.8, 4) is 0 Å². The van der Waals surface area contributed by atoms with E-state index < -0.39 is 27.9 Å². The lowest BCUT2D eigenvalue weighted by molar-refractivity contribution is -0.136. The second-order valence-electron chi connectivity index (χ2n) is 4.38. The van der Waals surface area contributed by atoms with E-state index in [0.717, 1.165) is 0 Å². The summed E-state index contributed by atoms with van der Waals surface area (Å²) in [7, 11) is -1.80. The number of rotatable bonds is 6. The van der Waals surface area contributed by atoms with Crippen molar-refractivity contribution >= 4 is 22.7 Å². The maximum atomic E-state index is 12.0. The Kier molecular flexibility index (Phi) is 5.69. The van der Waals surface area contributed by atoms with Crippen LogP contribution in [0, 0.1) is 0 Å². The van der Waals surface area contributed by atoms with Crippen molar-refractivity contribution in [2.24, 2.45) is 0 Å². The summed E-state index contributed by atoms with van der Waals surface area (Å²) in [5.74, 6) is -1.92. The van der Waals surface area contributed by atoms with Crippen molar-refractivity contribution in [2.75, 3.05) is 5.75 Å². The number of nitrogens with one attached hydrogen (secondary N) is 1. The third-order valence-corrected chi connectivity index (χ3v) is 3.86. The molecule has 0 heterocycles. The zero-order valence-corrected chi connectivity index (χ0v) is 11.6. The van der Waals surface area contributed by atoms with Crippen LogP contribution in [-0.4, -0.2) is 33.0 Å². The molecule has 0 saturated heterocycles. The Labute approximate surface area is 114 Å². The lowest BCUT2D eigenvalue weighted by Crippen LogP contribution is -2.35. The number of aliphatic carboxylic acids is 1. The molecule has 0 spiro atoms. The van der Waals surface area contributed by atoms with Crippen molar-refractivity contribution in [1.29, 1.82) is 0 Å². The monoisotopic (exact) mass is 283 g/mol. The highest BCUT2D eigenvalue weighted by Gasteiger charge is 2.28. The number of carboxylic acids is 1. The predicted octanol–water partition coefficient (Wildman–Crippen LogP) is 1.09. The number of carbonyl (C=O) groups is 2. The van der Waals surface area contributed by atoms with Crippen LogP contribution in [0.1, 0.15) is 24.7 Å². The number of amides is 1. The number of benzene rings is 1. The summed E-state index contributed by atoms with van der Waals surface area (Å²) in [6.45, 7) is 3.57. The van der Waals surface area contributed by atoms with E-state index in [4.69, 9.17) is 5.11 Å². The fraction of sp³-hybridized carbons (Fsp3) is 0.385. The maximum Gasteiger partial charge on any atom is 0.323 e. The molecule has 0 radical (unpaired) electrons. The zero-order chi connectivity index (χ0) is 14.4. The van der Waals surface area contributed by atoms with Crippen LogP contribution < -0.4 is 5.32 Å². The Morgan fingerprint density at radius 1 is 1.26 bits per heavy atom. The molecular weight excluding hydrogens is 266 g/mol. The lowest BCUT2D eigenvalue weighted by Gasteiger charge is -2.13. The average molecular weight is 283 g/mol. The Balaban J connectivity index is 2.81. The molecule has 104 valence electrons. The van der Waals surface area contributed by atoms with E-state index in [-0.39, 0.29) is 11.8 Å². The zero-order valence-electron chi connectivity index (χ0n) is 10.8. The minimum atomic E-state index is -1.80. The van der Waals surface area contributed by atoms with E-state index in [1.54, 1.807) is 44.2 Å². The van der Waals surface area contributed by atoms with Crippen LogP contribution in [-0.2, 0) is 20.4 Å². The van der Waals surface area contributed by atoms with Gasteiger partial charge in [0.1, 0.15) is 5.75 Å². The fourth-order valence-electron chi connectivity index (χ4n) is 1.61. The molecule has 5 nitrogen and oxygen atoms in total. The summed E-state index contributed by atoms with van der Waals surface area (Å²) in [6, 6.07) is 8.22. The molecule has 2 N–H and O–H groups in total. The van der Waals surface area contributed by atoms with Crippen molar-refractivity contribution in [3.63, 3.8) is 0 Å². The average Bonchev–Trinajstić information content (AvgIpc) is 2.28. The second-order valence-corrected chi connectivity index (χ2v) is 5.90. The number of carboxylic acid groups (broad SMARTS) is 1. The van der Waals surface area contributed by atoms with E-state index >= 15 is 0 Å². The van der Waals surface area contributed by atoms with E-state index in [1.165, 1.54) is 0 Å². The molecule has 2 atom stereocenters. The number of hydrogen-bond acceptors (Lipinski definition) is 3. The van der Waals surface area contributed by atoms with Gasteiger partial charge in [-0.15, -0.1) is 0 Å². The van der Waals surface area contributed by atoms with Crippen molar-refractivity contribution in [3.05, 3.63) is 35.9 Å². The number of carbonyl (C=O) groups excluding carboxylic acids is 1. The predicted molar refractivity (Wildman–Crippen MR) is 73.1 cm³/mol. The standard InChI is InChI=1S/C13H17NO4S/c1-9(2)14-11(15)8-19(18)12(13(16)17)10-6-4-3-5-7-10/h3-7,9,12H,8H2,1-2H3,(H,14,15)(H,16,17). The molecule has 19 heavy (non-hydrogen) atoms. The lowest BCUT2D eigenvalue weighted by atomic mass is 10.1. The van der Waals surface area contributed by atoms with Crippen molar-refractivity contribution in [1.82, 2.24) is 5.32 Å². The smallest absolute Gasteiger partial charge is 0.323 e. The quantitative estimate of drug-likeness (QED) is 0.818. The molecular formula is C13H17NO4S. The first-order chi connectivity index (χ1) is 8.91. The minimum Gasteiger partial charge on any atom is -0.480 e. The minimum absolute atomic E-state index is 0.0653. The third kappa shape index (κ3) is 4.82. The highest BCUT2D eigenvalue weighted by molar-refractivity contribution is 7.86. The first-order valence-corrected chi connectivity index (χ1v) is 7.24. The Morgan fingerprint density at radius 2 is 1.84 bits per heavy atom. The Bertz CT molecular complexity index is 473. The molecule has 1 aromatic carbocycles. The Hall–Kier alpha value is -1.69. The van der Waals surface area contributed by atoms with Gasteiger partial charge in [-0.05, 0) is 19.4 Å². The molecule has 6 heteroatoms. The Morgan fingerprint density at radius 3 is 2.32 bits per heavy atom. The first-order valence-electron chi connectivity index (χ1n) is 5.86. The molecule has 0 fully saturated rings. The van der Waals surface area contributed by atoms with E-state index in [9.17, 15) is 13.8 Å². The van der Waals surface area contributed by atoms with Gasteiger partial charge in [0.05, 0.1) is 0 Å². The molecule has 1 rings (SSSR count). The van der Waals surface area contributed by atoms with Crippen molar-refractivity contribution < 1.29 is 18.9 Å². The highest BCUT2D eigenvalue weighted by atomic mass is 32.2. The summed E-state index contributed by atoms with van der Waals surface area (Å²) >= 11 is 0. The maximum absolute atomic E-state index is 12.0. The van der Waals surface area contributed by atoms with Crippen LogP contribution in [0.25, 0.3) is 0 Å². The molecule has 0 bridgehead atoms. The molecule has 1 aromatic rings. The van der Waals surface area contributed by atoms with Gasteiger partial charge in [0.2, 0.25) is 5.91 Å². The first kappa shape index (κ1) is 15.4. The highest BCUT2D eigenvalue weighted by Crippen LogP contribution is 2.20. The SMILES string of the molecule is CC(C)NC(=O)CS(=O)C(C(=O)O)c1ccccc1. The summed E-state index contributed by atoms with van der Waals surface area (Å²) < 4.78 is 12.0. The fourth-order valence-corrected chi connectivity index (χ4v) is 2.80. The van der Waals surface area contributed by atoms with E-state index in [2.05, 4.69) is 5.32 Å². The summed E-state index contributed by atoms with van der Waals surface area (Å²) in [6.07, 6.45) is 0. The van der Waals surface area contributed by atoms with Gasteiger partial charge in [0.25, 0.3) is 0 Å². The summed E-state index contributed by atoms with van der Waals surface area (Å²) in [4.78, 5) is 22.7. The molecule has 0 saturated carbocycles. The topological polar surface area (TPSA) is 83.5 Å². The molecule has 2 unspecified atom stereocenters. The van der Waals surface area contributed by atoms with Gasteiger partial charge < -0.3 is 10.4 Å². The van der Waals surface area contributed by atoms with Crippen LogP contribution in [0.3, 0.4) is 0 Å². The summed E-state index contributed by atoms with van der Waals surface area (Å²) in [5.41, 5.74) is 0.436. The normalized spacial score (nSPS) is 13.8. The summed E-state index contributed by atoms with van der Waals surface area (Å²) in [5, 5.41) is 10.6. The molecule has 0 aliphatic rings. The van der Waals surface area contributed by atoms with Gasteiger partial charge in [-0.2, -0.15) is 0 Å². The van der Waals surface area contributed by atoms with Crippen LogP contribution >= 0.6 is 0 Å². The number of hydrogen-bond donors (Lipinski definition) is 2. The van der Waals surface area contributed by atoms with Gasteiger partial charge in [-0.3, -0.25) is 13.8 Å². The van der Waals surface area contributed by atoms with Crippen LogP contribution in [0.5, 0.6) is 0 Å². The van der Waals surface area contributed by atoms with Crippen LogP contribution in [0.2, 0.25) is 0 Å². The van der Waals surface area contributed by atoms with Gasteiger partial charge in [-0.1, -0.05) is 30.3 Å². The third-order valence-electron chi connectivity index (χ3n) is 2.31. The van der Waals surface area contributed by atoms with Gasteiger partial charge in [-0.25, -0.2) is 0 Å². The molecule has 0 aromatic heterocycles. The van der Waals surface area contributed by atoms with Crippen LogP contribution in [0.15, 0.2) is 30.3 Å². The van der Waals surface area contributed by atoms with Gasteiger partial charge in [0, 0.05) is 16.8 Å². The molecule has 0 aliphatic carbocycles. The molecule has 0 aliphatic heterocycles. The van der Waals surface area contributed by atoms with Crippen molar-refractivity contribution in [2.45, 2.75) is 25.1 Å². The van der Waals surface area contributed by atoms with Gasteiger partial charge >= 0.3 is 5.97 Å². The second kappa shape index (κ2) is 7.04. The van der Waals surface area contributed by atoms with Gasteiger partial charge in [0.15, 0.2) is 5.25 Å². The van der Waals surface area contributed by atoms with E-state index in [0.29, 0.717) is 5.56 Å². The molecule has 1 amide bonds. The largest absolute Gasteiger partial charge is 0.480 e. The van der Waals surface area contributed by atoms with E-state index in [1.807, 2.05) is 0 Å². The van der Waals surface area contributed by atoms with Crippen LogP contribution in [0.4, 0.5) is 0 Å².